The van der Waals surface area contributed by atoms with Crippen molar-refractivity contribution in [1.29, 1.82) is 5.26 Å². The van der Waals surface area contributed by atoms with E-state index in [4.69, 9.17) is 17.5 Å². The van der Waals surface area contributed by atoms with Crippen LogP contribution in [0.4, 0.5) is 28.9 Å². The number of hydrogen-bond acceptors (Lipinski definition) is 6. The molecule has 13 heteroatoms. The maximum atomic E-state index is 14.9. The van der Waals surface area contributed by atoms with E-state index in [0.717, 1.165) is 22.0 Å². The molecular weight excluding hydrogens is 530 g/mol. The van der Waals surface area contributed by atoms with Gasteiger partial charge in [0.2, 0.25) is 5.91 Å². The average Bonchev–Trinajstić information content (AvgIpc) is 3.33. The third-order valence-electron chi connectivity index (χ3n) is 5.50. The van der Waals surface area contributed by atoms with Gasteiger partial charge in [0.25, 0.3) is 5.91 Å². The largest absolute Gasteiger partial charge is 0.419 e. The number of nitriles is 1. The summed E-state index contributed by atoms with van der Waals surface area (Å²) in [6, 6.07) is 9.50. The summed E-state index contributed by atoms with van der Waals surface area (Å²) >= 11 is 6.89. The second-order valence-corrected chi connectivity index (χ2v) is 9.29. The van der Waals surface area contributed by atoms with Crippen LogP contribution in [0.25, 0.3) is 0 Å². The molecule has 0 unspecified atom stereocenters. The maximum absolute atomic E-state index is 14.9. The smallest absolute Gasteiger partial charge is 0.347 e. The van der Waals surface area contributed by atoms with Gasteiger partial charge < -0.3 is 10.2 Å². The molecule has 2 aromatic heterocycles. The van der Waals surface area contributed by atoms with Crippen LogP contribution in [0.3, 0.4) is 0 Å². The van der Waals surface area contributed by atoms with E-state index >= 15 is 0 Å². The number of nitrogens with zero attached hydrogens (tertiary/aromatic N) is 4. The van der Waals surface area contributed by atoms with Crippen LogP contribution in [0, 0.1) is 17.1 Å². The van der Waals surface area contributed by atoms with E-state index in [0.29, 0.717) is 6.07 Å². The molecule has 0 bridgehead atoms. The standard InChI is InChI=1S/C24H17F4N5O2S2/c25-19-10-14(5-6-17(19)22(35)31-13-16-3-2-8-37-16)32-7-1-4-21(34)33(23(32)36)15-9-18(24(26,27)28)20(11-29)30-12-15/h2-3,5-6,8-10,12H,1,4,7,13H2,(H,31,35). The van der Waals surface area contributed by atoms with Crippen molar-refractivity contribution in [3.63, 3.8) is 0 Å². The summed E-state index contributed by atoms with van der Waals surface area (Å²) < 4.78 is 55.3. The van der Waals surface area contributed by atoms with Crippen molar-refractivity contribution in [2.45, 2.75) is 25.6 Å². The van der Waals surface area contributed by atoms with E-state index in [1.165, 1.54) is 34.4 Å². The van der Waals surface area contributed by atoms with Gasteiger partial charge in [-0.3, -0.25) is 14.5 Å². The Morgan fingerprint density at radius 1 is 1.24 bits per heavy atom. The lowest BCUT2D eigenvalue weighted by Gasteiger charge is -2.30. The highest BCUT2D eigenvalue weighted by molar-refractivity contribution is 7.81. The third-order valence-corrected chi connectivity index (χ3v) is 6.78. The van der Waals surface area contributed by atoms with E-state index < -0.39 is 35.1 Å². The second-order valence-electron chi connectivity index (χ2n) is 7.89. The number of carbonyl (C=O) groups is 2. The minimum absolute atomic E-state index is 0.0380. The highest BCUT2D eigenvalue weighted by Gasteiger charge is 2.37. The Labute approximate surface area is 217 Å². The van der Waals surface area contributed by atoms with Crippen molar-refractivity contribution >= 4 is 51.9 Å². The fraction of sp³-hybridized carbons (Fsp3) is 0.208. The SMILES string of the molecule is N#Cc1ncc(N2C(=O)CCCN(c3ccc(C(=O)NCc4cccs4)c(F)c3)C2=S)cc1C(F)(F)F. The van der Waals surface area contributed by atoms with Crippen molar-refractivity contribution in [2.75, 3.05) is 16.3 Å². The molecule has 4 rings (SSSR count). The van der Waals surface area contributed by atoms with Gasteiger partial charge in [0.1, 0.15) is 11.9 Å². The molecule has 0 radical (unpaired) electrons. The Morgan fingerprint density at radius 3 is 2.68 bits per heavy atom. The molecule has 0 atom stereocenters. The summed E-state index contributed by atoms with van der Waals surface area (Å²) in [4.78, 5) is 32.0. The van der Waals surface area contributed by atoms with Crippen LogP contribution >= 0.6 is 23.6 Å². The Hall–Kier alpha value is -3.89. The minimum Gasteiger partial charge on any atom is -0.347 e. The van der Waals surface area contributed by atoms with Gasteiger partial charge >= 0.3 is 6.18 Å². The Balaban J connectivity index is 1.62. The molecular formula is C24H17F4N5O2S2. The van der Waals surface area contributed by atoms with Gasteiger partial charge in [0, 0.05) is 23.5 Å². The van der Waals surface area contributed by atoms with Gasteiger partial charge in [-0.15, -0.1) is 11.3 Å². The van der Waals surface area contributed by atoms with E-state index in [1.54, 1.807) is 0 Å². The van der Waals surface area contributed by atoms with Gasteiger partial charge in [-0.1, -0.05) is 6.07 Å². The predicted octanol–water partition coefficient (Wildman–Crippen LogP) is 5.02. The molecule has 1 saturated heterocycles. The summed E-state index contributed by atoms with van der Waals surface area (Å²) in [7, 11) is 0. The van der Waals surface area contributed by atoms with Crippen LogP contribution in [0.1, 0.15) is 39.3 Å². The van der Waals surface area contributed by atoms with Gasteiger partial charge in [-0.05, 0) is 54.4 Å². The van der Waals surface area contributed by atoms with Crippen molar-refractivity contribution in [3.8, 4) is 6.07 Å². The van der Waals surface area contributed by atoms with Crippen LogP contribution in [0.15, 0.2) is 48.0 Å². The molecule has 1 fully saturated rings. The number of amides is 2. The summed E-state index contributed by atoms with van der Waals surface area (Å²) in [6.07, 6.45) is -3.67. The normalized spacial score (nSPS) is 14.4. The van der Waals surface area contributed by atoms with E-state index in [1.807, 2.05) is 17.5 Å². The molecule has 2 amide bonds. The summed E-state index contributed by atoms with van der Waals surface area (Å²) in [5.41, 5.74) is -2.38. The quantitative estimate of drug-likeness (QED) is 0.357. The van der Waals surface area contributed by atoms with Crippen molar-refractivity contribution in [1.82, 2.24) is 10.3 Å². The lowest BCUT2D eigenvalue weighted by atomic mass is 10.1. The number of pyridine rings is 1. The Morgan fingerprint density at radius 2 is 2.03 bits per heavy atom. The van der Waals surface area contributed by atoms with Crippen molar-refractivity contribution in [3.05, 3.63) is 75.5 Å². The number of nitrogens with one attached hydrogen (secondary N) is 1. The first kappa shape index (κ1) is 26.2. The number of aromatic nitrogens is 1. The minimum atomic E-state index is -4.88. The first-order valence-electron chi connectivity index (χ1n) is 10.8. The highest BCUT2D eigenvalue weighted by Crippen LogP contribution is 2.34. The fourth-order valence-electron chi connectivity index (χ4n) is 3.73. The molecule has 1 aliphatic rings. The van der Waals surface area contributed by atoms with Gasteiger partial charge in [-0.2, -0.15) is 18.4 Å². The number of hydrogen-bond donors (Lipinski definition) is 1. The van der Waals surface area contributed by atoms with Crippen molar-refractivity contribution in [2.24, 2.45) is 0 Å². The Bertz CT molecular complexity index is 1400. The molecule has 7 nitrogen and oxygen atoms in total. The number of carbonyl (C=O) groups excluding carboxylic acids is 2. The molecule has 3 heterocycles. The number of thiophene rings is 1. The lowest BCUT2D eigenvalue weighted by Crippen LogP contribution is -2.44. The number of thiocarbonyl (C=S) groups is 1. The molecule has 190 valence electrons. The zero-order valence-electron chi connectivity index (χ0n) is 18.9. The average molecular weight is 548 g/mol. The molecule has 1 aliphatic heterocycles. The van der Waals surface area contributed by atoms with Crippen LogP contribution in [0.5, 0.6) is 0 Å². The molecule has 0 spiro atoms. The van der Waals surface area contributed by atoms with E-state index in [9.17, 15) is 27.2 Å². The van der Waals surface area contributed by atoms with Crippen molar-refractivity contribution < 1.29 is 27.2 Å². The summed E-state index contributed by atoms with van der Waals surface area (Å²) in [5.74, 6) is -2.02. The Kier molecular flexibility index (Phi) is 7.51. The zero-order chi connectivity index (χ0) is 26.7. The molecule has 37 heavy (non-hydrogen) atoms. The summed E-state index contributed by atoms with van der Waals surface area (Å²) in [5, 5.41) is 13.3. The predicted molar refractivity (Wildman–Crippen MR) is 133 cm³/mol. The van der Waals surface area contributed by atoms with Gasteiger partial charge in [0.15, 0.2) is 10.8 Å². The molecule has 0 saturated carbocycles. The highest BCUT2D eigenvalue weighted by atomic mass is 32.1. The molecule has 1 N–H and O–H groups in total. The number of rotatable bonds is 5. The zero-order valence-corrected chi connectivity index (χ0v) is 20.5. The second kappa shape index (κ2) is 10.6. The van der Waals surface area contributed by atoms with Crippen LogP contribution in [0.2, 0.25) is 0 Å². The van der Waals surface area contributed by atoms with Crippen LogP contribution < -0.4 is 15.1 Å². The number of benzene rings is 1. The number of anilines is 2. The maximum Gasteiger partial charge on any atom is 0.419 e. The van der Waals surface area contributed by atoms with Gasteiger partial charge in [0.05, 0.1) is 29.6 Å². The van der Waals surface area contributed by atoms with Crippen LogP contribution in [-0.2, 0) is 17.5 Å². The first-order chi connectivity index (χ1) is 17.6. The lowest BCUT2D eigenvalue weighted by molar-refractivity contribution is -0.138. The first-order valence-corrected chi connectivity index (χ1v) is 12.1. The number of alkyl halides is 3. The summed E-state index contributed by atoms with van der Waals surface area (Å²) in [6.45, 7) is 0.420. The molecule has 3 aromatic rings. The van der Waals surface area contributed by atoms with E-state index in [2.05, 4.69) is 10.3 Å². The fourth-order valence-corrected chi connectivity index (χ4v) is 4.78. The van der Waals surface area contributed by atoms with Crippen LogP contribution in [-0.4, -0.2) is 28.5 Å². The van der Waals surface area contributed by atoms with E-state index in [-0.39, 0.29) is 48.0 Å². The third kappa shape index (κ3) is 5.60. The number of halogens is 4. The molecule has 1 aromatic carbocycles. The topological polar surface area (TPSA) is 89.3 Å². The van der Waals surface area contributed by atoms with Gasteiger partial charge in [-0.25, -0.2) is 9.37 Å². The molecule has 0 aliphatic carbocycles. The monoisotopic (exact) mass is 547 g/mol.